The number of barbiturate groups is 1. The van der Waals surface area contributed by atoms with Crippen LogP contribution in [0.5, 0.6) is 11.5 Å². The van der Waals surface area contributed by atoms with Crippen molar-refractivity contribution >= 4 is 64.4 Å². The van der Waals surface area contributed by atoms with Crippen molar-refractivity contribution in [1.82, 2.24) is 5.32 Å². The van der Waals surface area contributed by atoms with Crippen LogP contribution in [0.4, 0.5) is 16.2 Å². The molecule has 0 atom stereocenters. The maximum absolute atomic E-state index is 13.2. The highest BCUT2D eigenvalue weighted by Crippen LogP contribution is 2.38. The van der Waals surface area contributed by atoms with Crippen molar-refractivity contribution in [3.63, 3.8) is 0 Å². The quantitative estimate of drug-likeness (QED) is 0.261. The van der Waals surface area contributed by atoms with Gasteiger partial charge in [-0.25, -0.2) is 9.69 Å². The highest BCUT2D eigenvalue weighted by molar-refractivity contribution is 6.39. The number of carbonyl (C=O) groups excluding carboxylic acids is 4. The fourth-order valence-electron chi connectivity index (χ4n) is 3.93. The molecule has 0 unspecified atom stereocenters. The zero-order chi connectivity index (χ0) is 29.0. The number of nitrogens with one attached hydrogen (secondary N) is 2. The Bertz CT molecular complexity index is 1540. The van der Waals surface area contributed by atoms with E-state index in [-0.39, 0.29) is 41.0 Å². The van der Waals surface area contributed by atoms with E-state index in [0.29, 0.717) is 16.3 Å². The first-order chi connectivity index (χ1) is 19.1. The zero-order valence-corrected chi connectivity index (χ0v) is 23.4. The molecule has 0 aliphatic carbocycles. The number of hydrogen-bond donors (Lipinski definition) is 2. The van der Waals surface area contributed by atoms with Gasteiger partial charge in [0.15, 0.2) is 18.1 Å². The molecule has 2 N–H and O–H groups in total. The Hall–Kier alpha value is -4.34. The third-order valence-corrected chi connectivity index (χ3v) is 6.59. The molecular formula is C29H25Cl2N3O6. The number of nitrogens with zero attached hydrogens (tertiary/aromatic N) is 1. The smallest absolute Gasteiger partial charge is 0.335 e. The van der Waals surface area contributed by atoms with Crippen molar-refractivity contribution in [2.45, 2.75) is 20.8 Å². The Kier molecular flexibility index (Phi) is 8.77. The Morgan fingerprint density at radius 3 is 2.45 bits per heavy atom. The highest BCUT2D eigenvalue weighted by Gasteiger charge is 2.37. The van der Waals surface area contributed by atoms with Crippen molar-refractivity contribution in [3.8, 4) is 11.5 Å². The molecule has 0 aromatic heterocycles. The molecule has 40 heavy (non-hydrogen) atoms. The van der Waals surface area contributed by atoms with Gasteiger partial charge < -0.3 is 14.8 Å². The predicted molar refractivity (Wildman–Crippen MR) is 153 cm³/mol. The second-order valence-corrected chi connectivity index (χ2v) is 9.63. The molecule has 1 saturated heterocycles. The van der Waals surface area contributed by atoms with Crippen molar-refractivity contribution in [2.75, 3.05) is 23.4 Å². The average Bonchev–Trinajstić information content (AvgIpc) is 2.90. The van der Waals surface area contributed by atoms with Crippen LogP contribution in [0.1, 0.15) is 23.6 Å². The zero-order valence-electron chi connectivity index (χ0n) is 21.8. The summed E-state index contributed by atoms with van der Waals surface area (Å²) in [6.07, 6.45) is 1.29. The van der Waals surface area contributed by atoms with E-state index in [9.17, 15) is 19.2 Å². The SMILES string of the molecule is CCOc1cc(/C=C2/C(=O)NC(=O)N(c3ccc(Cl)cc3)C2=O)cc(Cl)c1OCC(=O)Nc1cccc(C)c1C. The van der Waals surface area contributed by atoms with Gasteiger partial charge in [-0.3, -0.25) is 19.7 Å². The van der Waals surface area contributed by atoms with E-state index >= 15 is 0 Å². The van der Waals surface area contributed by atoms with E-state index in [0.717, 1.165) is 16.0 Å². The highest BCUT2D eigenvalue weighted by atomic mass is 35.5. The van der Waals surface area contributed by atoms with Crippen LogP contribution in [0.25, 0.3) is 6.08 Å². The second kappa shape index (κ2) is 12.2. The first-order valence-corrected chi connectivity index (χ1v) is 13.0. The van der Waals surface area contributed by atoms with Crippen LogP contribution >= 0.6 is 23.2 Å². The van der Waals surface area contributed by atoms with Crippen LogP contribution in [-0.2, 0) is 14.4 Å². The summed E-state index contributed by atoms with van der Waals surface area (Å²) in [4.78, 5) is 51.6. The molecule has 1 fully saturated rings. The summed E-state index contributed by atoms with van der Waals surface area (Å²) in [7, 11) is 0. The van der Waals surface area contributed by atoms with Gasteiger partial charge in [0.05, 0.1) is 17.3 Å². The van der Waals surface area contributed by atoms with Gasteiger partial charge in [0.2, 0.25) is 0 Å². The van der Waals surface area contributed by atoms with Crippen LogP contribution in [0.2, 0.25) is 10.0 Å². The summed E-state index contributed by atoms with van der Waals surface area (Å²) >= 11 is 12.4. The number of anilines is 2. The number of aryl methyl sites for hydroxylation is 1. The van der Waals surface area contributed by atoms with Crippen molar-refractivity contribution in [1.29, 1.82) is 0 Å². The topological polar surface area (TPSA) is 114 Å². The first-order valence-electron chi connectivity index (χ1n) is 12.2. The Balaban J connectivity index is 1.58. The number of rotatable bonds is 8. The minimum atomic E-state index is -0.884. The van der Waals surface area contributed by atoms with Gasteiger partial charge in [-0.2, -0.15) is 0 Å². The average molecular weight is 582 g/mol. The van der Waals surface area contributed by atoms with Crippen molar-refractivity contribution in [3.05, 3.63) is 86.9 Å². The molecule has 1 aliphatic rings. The summed E-state index contributed by atoms with van der Waals surface area (Å²) in [5.41, 5.74) is 2.93. The Morgan fingerprint density at radius 2 is 1.75 bits per heavy atom. The molecule has 206 valence electrons. The van der Waals surface area contributed by atoms with Gasteiger partial charge in [0, 0.05) is 10.7 Å². The minimum Gasteiger partial charge on any atom is -0.490 e. The lowest BCUT2D eigenvalue weighted by atomic mass is 10.1. The van der Waals surface area contributed by atoms with Crippen LogP contribution in [0, 0.1) is 13.8 Å². The minimum absolute atomic E-state index is 0.0895. The predicted octanol–water partition coefficient (Wildman–Crippen LogP) is 5.69. The number of hydrogen-bond acceptors (Lipinski definition) is 6. The van der Waals surface area contributed by atoms with Gasteiger partial charge >= 0.3 is 6.03 Å². The lowest BCUT2D eigenvalue weighted by molar-refractivity contribution is -0.122. The Morgan fingerprint density at radius 1 is 1.02 bits per heavy atom. The van der Waals surface area contributed by atoms with Gasteiger partial charge in [0.25, 0.3) is 17.7 Å². The van der Waals surface area contributed by atoms with E-state index in [2.05, 4.69) is 10.6 Å². The lowest BCUT2D eigenvalue weighted by Gasteiger charge is -2.26. The third-order valence-electron chi connectivity index (χ3n) is 6.06. The van der Waals surface area contributed by atoms with E-state index in [1.165, 1.54) is 42.5 Å². The molecule has 0 bridgehead atoms. The second-order valence-electron chi connectivity index (χ2n) is 8.78. The lowest BCUT2D eigenvalue weighted by Crippen LogP contribution is -2.54. The van der Waals surface area contributed by atoms with E-state index in [1.54, 1.807) is 13.0 Å². The summed E-state index contributed by atoms with van der Waals surface area (Å²) in [6, 6.07) is 13.7. The summed E-state index contributed by atoms with van der Waals surface area (Å²) in [5.74, 6) is -1.75. The molecule has 4 rings (SSSR count). The molecule has 0 spiro atoms. The molecule has 0 saturated carbocycles. The van der Waals surface area contributed by atoms with Gasteiger partial charge in [0.1, 0.15) is 5.57 Å². The van der Waals surface area contributed by atoms with Gasteiger partial charge in [-0.1, -0.05) is 35.3 Å². The maximum atomic E-state index is 13.2. The van der Waals surface area contributed by atoms with Crippen LogP contribution in [0.3, 0.4) is 0 Å². The first kappa shape index (κ1) is 28.7. The molecule has 3 aromatic rings. The van der Waals surface area contributed by atoms with Gasteiger partial charge in [-0.05, 0) is 86.0 Å². The summed E-state index contributed by atoms with van der Waals surface area (Å²) < 4.78 is 11.4. The molecule has 1 aliphatic heterocycles. The molecular weight excluding hydrogens is 557 g/mol. The normalized spacial score (nSPS) is 14.3. The number of ether oxygens (including phenoxy) is 2. The molecule has 11 heteroatoms. The number of halogens is 2. The maximum Gasteiger partial charge on any atom is 0.335 e. The number of urea groups is 1. The van der Waals surface area contributed by atoms with E-state index in [4.69, 9.17) is 32.7 Å². The molecule has 0 radical (unpaired) electrons. The van der Waals surface area contributed by atoms with Crippen molar-refractivity contribution < 1.29 is 28.7 Å². The monoisotopic (exact) mass is 581 g/mol. The third kappa shape index (κ3) is 6.27. The standard InChI is InChI=1S/C29H25Cl2N3O6/c1-4-39-24-14-18(12-21-27(36)33-29(38)34(28(21)37)20-10-8-19(30)9-11-20)13-22(31)26(24)40-15-25(35)32-23-7-5-6-16(2)17(23)3/h5-14H,4,15H2,1-3H3,(H,32,35)(H,33,36,38)/b21-12-. The van der Waals surface area contributed by atoms with E-state index < -0.39 is 23.8 Å². The number of benzene rings is 3. The molecule has 5 amide bonds. The van der Waals surface area contributed by atoms with Crippen molar-refractivity contribution in [2.24, 2.45) is 0 Å². The fourth-order valence-corrected chi connectivity index (χ4v) is 4.33. The largest absolute Gasteiger partial charge is 0.490 e. The number of imide groups is 2. The van der Waals surface area contributed by atoms with Crippen LogP contribution in [-0.4, -0.2) is 37.0 Å². The van der Waals surface area contributed by atoms with E-state index in [1.807, 2.05) is 26.0 Å². The summed E-state index contributed by atoms with van der Waals surface area (Å²) in [5, 5.41) is 5.48. The molecule has 1 heterocycles. The van der Waals surface area contributed by atoms with Crippen LogP contribution in [0.15, 0.2) is 60.2 Å². The Labute approximate surface area is 240 Å². The molecule has 9 nitrogen and oxygen atoms in total. The molecule has 3 aromatic carbocycles. The fraction of sp³-hybridized carbons (Fsp3) is 0.172. The summed E-state index contributed by atoms with van der Waals surface area (Å²) in [6.45, 7) is 5.52. The van der Waals surface area contributed by atoms with Crippen LogP contribution < -0.4 is 25.0 Å². The number of carbonyl (C=O) groups is 4. The van der Waals surface area contributed by atoms with Gasteiger partial charge in [-0.15, -0.1) is 0 Å². The number of amides is 5.